The van der Waals surface area contributed by atoms with Gasteiger partial charge in [-0.15, -0.1) is 0 Å². The molecule has 0 aliphatic carbocycles. The molecular formula is C25H28ClF3N6O. The molecule has 1 aliphatic heterocycles. The van der Waals surface area contributed by atoms with Gasteiger partial charge >= 0.3 is 0 Å². The molecule has 0 spiro atoms. The Morgan fingerprint density at radius 1 is 1.19 bits per heavy atom. The summed E-state index contributed by atoms with van der Waals surface area (Å²) < 4.78 is 42.0. The van der Waals surface area contributed by atoms with Crippen molar-refractivity contribution in [1.82, 2.24) is 10.3 Å². The second-order valence-electron chi connectivity index (χ2n) is 8.40. The molecule has 7 nitrogen and oxygen atoms in total. The van der Waals surface area contributed by atoms with E-state index in [0.29, 0.717) is 41.1 Å². The van der Waals surface area contributed by atoms with Crippen molar-refractivity contribution in [3.8, 4) is 0 Å². The highest BCUT2D eigenvalue weighted by atomic mass is 35.5. The highest BCUT2D eigenvalue weighted by molar-refractivity contribution is 6.34. The number of halogens is 4. The van der Waals surface area contributed by atoms with Gasteiger partial charge in [-0.1, -0.05) is 11.6 Å². The molecular weight excluding hydrogens is 493 g/mol. The molecule has 1 atom stereocenters. The molecule has 2 aromatic rings. The maximum absolute atomic E-state index is 14.4. The smallest absolute Gasteiger partial charge is 0.256 e. The molecule has 0 aromatic heterocycles. The zero-order valence-corrected chi connectivity index (χ0v) is 20.7. The number of amides is 1. The lowest BCUT2D eigenvalue weighted by molar-refractivity contribution is 0.0706. The van der Waals surface area contributed by atoms with Crippen LogP contribution in [-0.2, 0) is 6.42 Å². The number of aliphatic imine (C=N–C) groups is 1. The summed E-state index contributed by atoms with van der Waals surface area (Å²) in [6.45, 7) is 1.93. The van der Waals surface area contributed by atoms with Crippen molar-refractivity contribution < 1.29 is 18.0 Å². The fourth-order valence-electron chi connectivity index (χ4n) is 4.25. The van der Waals surface area contributed by atoms with Crippen LogP contribution >= 0.6 is 11.6 Å². The number of carbonyl (C=O) groups is 1. The van der Waals surface area contributed by atoms with Crippen LogP contribution in [0.25, 0.3) is 0 Å². The third kappa shape index (κ3) is 5.83. The SMILES string of the molecule is CN=C(C1=C(N)[C@H](C)N(C(=O)c2cc(F)cc(CC/C(N)=C/NN)c2Cl)CC1)c1cc(F)cc(F)c1. The van der Waals surface area contributed by atoms with Gasteiger partial charge in [-0.3, -0.25) is 15.6 Å². The predicted molar refractivity (Wildman–Crippen MR) is 134 cm³/mol. The zero-order chi connectivity index (χ0) is 26.6. The first-order chi connectivity index (χ1) is 17.1. The maximum atomic E-state index is 14.4. The van der Waals surface area contributed by atoms with E-state index in [9.17, 15) is 18.0 Å². The van der Waals surface area contributed by atoms with Crippen LogP contribution in [-0.4, -0.2) is 36.2 Å². The van der Waals surface area contributed by atoms with Crippen molar-refractivity contribution in [1.29, 1.82) is 0 Å². The van der Waals surface area contributed by atoms with Gasteiger partial charge in [-0.25, -0.2) is 13.2 Å². The normalized spacial score (nSPS) is 17.0. The highest BCUT2D eigenvalue weighted by Crippen LogP contribution is 2.30. The van der Waals surface area contributed by atoms with E-state index in [1.807, 2.05) is 0 Å². The number of nitrogens with zero attached hydrogens (tertiary/aromatic N) is 2. The van der Waals surface area contributed by atoms with Crippen molar-refractivity contribution in [2.45, 2.75) is 32.2 Å². The van der Waals surface area contributed by atoms with E-state index in [1.54, 1.807) is 6.92 Å². The maximum Gasteiger partial charge on any atom is 0.256 e. The quantitative estimate of drug-likeness (QED) is 0.253. The van der Waals surface area contributed by atoms with Crippen LogP contribution in [0.1, 0.15) is 41.3 Å². The average molecular weight is 521 g/mol. The molecule has 0 saturated heterocycles. The van der Waals surface area contributed by atoms with Crippen LogP contribution in [0.2, 0.25) is 5.02 Å². The molecule has 1 aliphatic rings. The van der Waals surface area contributed by atoms with Gasteiger partial charge < -0.3 is 21.8 Å². The topological polar surface area (TPSA) is 123 Å². The van der Waals surface area contributed by atoms with Crippen molar-refractivity contribution in [2.75, 3.05) is 13.6 Å². The Bertz CT molecular complexity index is 1240. The standard InChI is InChI=1S/C25H28ClF3N6O/c1-13-23(31)20(24(33-2)15-8-16(27)10-17(28)9-15)5-6-35(13)25(36)21-11-18(29)7-14(22(21)26)3-4-19(30)12-34-32/h7-13,34H,3-6,30-32H2,1-2H3/b19-12-,33-24?/t13-/m0/s1. The Balaban J connectivity index is 1.90. The molecule has 0 fully saturated rings. The first-order valence-electron chi connectivity index (χ1n) is 11.2. The van der Waals surface area contributed by atoms with Crippen LogP contribution in [0.15, 0.2) is 58.5 Å². The van der Waals surface area contributed by atoms with Crippen molar-refractivity contribution in [3.63, 3.8) is 0 Å². The Hall–Kier alpha value is -3.50. The van der Waals surface area contributed by atoms with Gasteiger partial charge in [0.2, 0.25) is 0 Å². The van der Waals surface area contributed by atoms with Gasteiger partial charge in [-0.2, -0.15) is 0 Å². The number of benzene rings is 2. The number of carbonyl (C=O) groups excluding carboxylic acids is 1. The molecule has 3 rings (SSSR count). The molecule has 11 heteroatoms. The second-order valence-corrected chi connectivity index (χ2v) is 8.78. The van der Waals surface area contributed by atoms with Crippen LogP contribution in [0.5, 0.6) is 0 Å². The second kappa shape index (κ2) is 11.5. The summed E-state index contributed by atoms with van der Waals surface area (Å²) in [6, 6.07) is 4.87. The first kappa shape index (κ1) is 27.1. The molecule has 2 aromatic carbocycles. The molecule has 192 valence electrons. The van der Waals surface area contributed by atoms with E-state index in [4.69, 9.17) is 28.9 Å². The Morgan fingerprint density at radius 2 is 1.83 bits per heavy atom. The molecule has 0 radical (unpaired) electrons. The number of hydrogen-bond acceptors (Lipinski definition) is 6. The summed E-state index contributed by atoms with van der Waals surface area (Å²) in [5, 5.41) is 0.126. The van der Waals surface area contributed by atoms with Crippen LogP contribution in [0.3, 0.4) is 0 Å². The van der Waals surface area contributed by atoms with Crippen molar-refractivity contribution in [3.05, 3.63) is 92.7 Å². The zero-order valence-electron chi connectivity index (χ0n) is 19.9. The number of hydrazine groups is 1. The molecule has 7 N–H and O–H groups in total. The molecule has 36 heavy (non-hydrogen) atoms. The lowest BCUT2D eigenvalue weighted by atomic mass is 9.91. The fraction of sp³-hybridized carbons (Fsp3) is 0.280. The number of allylic oxidation sites excluding steroid dienone is 1. The van der Waals surface area contributed by atoms with Gasteiger partial charge in [-0.05, 0) is 56.0 Å². The number of aryl methyl sites for hydroxylation is 1. The predicted octanol–water partition coefficient (Wildman–Crippen LogP) is 3.52. The van der Waals surface area contributed by atoms with Gasteiger partial charge in [0.1, 0.15) is 17.5 Å². The Labute approximate surface area is 212 Å². The summed E-state index contributed by atoms with van der Waals surface area (Å²) in [4.78, 5) is 19.1. The summed E-state index contributed by atoms with van der Waals surface area (Å²) in [7, 11) is 1.50. The number of nitrogens with one attached hydrogen (secondary N) is 1. The highest BCUT2D eigenvalue weighted by Gasteiger charge is 2.32. The minimum atomic E-state index is -0.737. The van der Waals surface area contributed by atoms with E-state index in [1.165, 1.54) is 36.3 Å². The van der Waals surface area contributed by atoms with E-state index in [0.717, 1.165) is 12.1 Å². The van der Waals surface area contributed by atoms with E-state index >= 15 is 0 Å². The van der Waals surface area contributed by atoms with Gasteiger partial charge in [0.05, 0.1) is 22.3 Å². The lowest BCUT2D eigenvalue weighted by Gasteiger charge is -2.36. The first-order valence-corrected chi connectivity index (χ1v) is 11.6. The molecule has 1 amide bonds. The summed E-state index contributed by atoms with van der Waals surface area (Å²) in [6.07, 6.45) is 2.33. The van der Waals surface area contributed by atoms with Gasteiger partial charge in [0.15, 0.2) is 0 Å². The van der Waals surface area contributed by atoms with E-state index < -0.39 is 29.4 Å². The minimum absolute atomic E-state index is 0.00542. The van der Waals surface area contributed by atoms with Crippen molar-refractivity contribution >= 4 is 23.2 Å². The number of nitrogens with two attached hydrogens (primary N) is 3. The molecule has 1 heterocycles. The van der Waals surface area contributed by atoms with Crippen LogP contribution in [0, 0.1) is 17.5 Å². The summed E-state index contributed by atoms with van der Waals surface area (Å²) >= 11 is 6.50. The Morgan fingerprint density at radius 3 is 2.44 bits per heavy atom. The monoisotopic (exact) mass is 520 g/mol. The largest absolute Gasteiger partial charge is 0.401 e. The lowest BCUT2D eigenvalue weighted by Crippen LogP contribution is -2.46. The van der Waals surface area contributed by atoms with Crippen LogP contribution in [0.4, 0.5) is 13.2 Å². The minimum Gasteiger partial charge on any atom is -0.401 e. The van der Waals surface area contributed by atoms with E-state index in [2.05, 4.69) is 10.4 Å². The third-order valence-electron chi connectivity index (χ3n) is 6.07. The molecule has 0 saturated carbocycles. The van der Waals surface area contributed by atoms with Crippen molar-refractivity contribution in [2.24, 2.45) is 22.3 Å². The van der Waals surface area contributed by atoms with E-state index in [-0.39, 0.29) is 29.1 Å². The number of rotatable bonds is 7. The fourth-order valence-corrected chi connectivity index (χ4v) is 4.53. The number of hydrogen-bond donors (Lipinski definition) is 4. The van der Waals surface area contributed by atoms with Crippen LogP contribution < -0.4 is 22.7 Å². The average Bonchev–Trinajstić information content (AvgIpc) is 2.82. The summed E-state index contributed by atoms with van der Waals surface area (Å²) in [5.41, 5.74) is 16.9. The van der Waals surface area contributed by atoms with Gasteiger partial charge in [0.25, 0.3) is 5.91 Å². The van der Waals surface area contributed by atoms with Gasteiger partial charge in [0, 0.05) is 48.4 Å². The third-order valence-corrected chi connectivity index (χ3v) is 6.52. The Kier molecular flexibility index (Phi) is 8.65. The molecule has 0 unspecified atom stereocenters. The summed E-state index contributed by atoms with van der Waals surface area (Å²) in [5.74, 6) is 2.63. The molecule has 0 bridgehead atoms.